The highest BCUT2D eigenvalue weighted by atomic mass is 15.5. The Balaban J connectivity index is 2.04. The summed E-state index contributed by atoms with van der Waals surface area (Å²) in [5.74, 6) is 0. The summed E-state index contributed by atoms with van der Waals surface area (Å²) in [6, 6.07) is 0.717. The van der Waals surface area contributed by atoms with E-state index < -0.39 is 0 Å². The first-order chi connectivity index (χ1) is 6.15. The Morgan fingerprint density at radius 2 is 1.62 bits per heavy atom. The van der Waals surface area contributed by atoms with Gasteiger partial charge in [0.05, 0.1) is 26.7 Å². The Morgan fingerprint density at radius 1 is 0.923 bits per heavy atom. The summed E-state index contributed by atoms with van der Waals surface area (Å²) in [7, 11) is 4.38. The third-order valence-electron chi connectivity index (χ3n) is 2.87. The van der Waals surface area contributed by atoms with Crippen LogP contribution in [0.15, 0.2) is 0 Å². The van der Waals surface area contributed by atoms with E-state index in [1.807, 2.05) is 0 Å². The Labute approximate surface area is 80.7 Å². The molecule has 3 atom stereocenters. The molecule has 0 aromatic heterocycles. The second-order valence-corrected chi connectivity index (χ2v) is 4.57. The Morgan fingerprint density at radius 3 is 2.38 bits per heavy atom. The fraction of sp³-hybridized carbons (Fsp3) is 1.00. The van der Waals surface area contributed by atoms with Crippen LogP contribution >= 0.6 is 0 Å². The molecule has 0 saturated carbocycles. The summed E-state index contributed by atoms with van der Waals surface area (Å²) < 4.78 is 0. The molecule has 76 valence electrons. The minimum Gasteiger partial charge on any atom is -0.280 e. The lowest BCUT2D eigenvalue weighted by atomic mass is 10.3. The lowest BCUT2D eigenvalue weighted by Crippen LogP contribution is -2.47. The summed E-state index contributed by atoms with van der Waals surface area (Å²) in [6.07, 6.45) is 0. The van der Waals surface area contributed by atoms with E-state index in [0.29, 0.717) is 6.04 Å². The maximum Gasteiger partial charge on any atom is 0.0534 e. The van der Waals surface area contributed by atoms with Gasteiger partial charge in [-0.1, -0.05) is 0 Å². The van der Waals surface area contributed by atoms with E-state index in [-0.39, 0.29) is 0 Å². The van der Waals surface area contributed by atoms with Gasteiger partial charge >= 0.3 is 0 Å². The third-order valence-corrected chi connectivity index (χ3v) is 2.87. The highest BCUT2D eigenvalue weighted by Gasteiger charge is 2.30. The fourth-order valence-corrected chi connectivity index (χ4v) is 2.38. The lowest BCUT2D eigenvalue weighted by Gasteiger charge is -2.33. The van der Waals surface area contributed by atoms with Crippen molar-refractivity contribution in [2.24, 2.45) is 0 Å². The van der Waals surface area contributed by atoms with Gasteiger partial charge < -0.3 is 0 Å². The van der Waals surface area contributed by atoms with Crippen molar-refractivity contribution >= 4 is 0 Å². The van der Waals surface area contributed by atoms with E-state index in [2.05, 4.69) is 40.6 Å². The van der Waals surface area contributed by atoms with Crippen molar-refractivity contribution in [1.29, 1.82) is 0 Å². The lowest BCUT2D eigenvalue weighted by molar-refractivity contribution is 0.0368. The van der Waals surface area contributed by atoms with Gasteiger partial charge in [-0.05, 0) is 21.0 Å². The van der Waals surface area contributed by atoms with Gasteiger partial charge in [0, 0.05) is 12.6 Å². The zero-order valence-electron chi connectivity index (χ0n) is 8.90. The summed E-state index contributed by atoms with van der Waals surface area (Å²) in [6.45, 7) is 7.94. The van der Waals surface area contributed by atoms with Crippen LogP contribution < -0.4 is 0 Å². The maximum atomic E-state index is 2.53. The molecule has 3 unspecified atom stereocenters. The Kier molecular flexibility index (Phi) is 2.55. The zero-order valence-corrected chi connectivity index (χ0v) is 8.90. The standard InChI is InChI=1S/C9H20N4/c1-9-4-12-6-10(2)5-11(3)7-13(9)8-12/h9H,4-8H2,1-3H3. The van der Waals surface area contributed by atoms with Crippen LogP contribution in [-0.4, -0.2) is 73.0 Å². The highest BCUT2D eigenvalue weighted by molar-refractivity contribution is 4.80. The van der Waals surface area contributed by atoms with Crippen molar-refractivity contribution in [3.8, 4) is 0 Å². The van der Waals surface area contributed by atoms with E-state index in [0.717, 1.165) is 26.7 Å². The smallest absolute Gasteiger partial charge is 0.0534 e. The second kappa shape index (κ2) is 3.53. The molecule has 0 radical (unpaired) electrons. The van der Waals surface area contributed by atoms with Crippen LogP contribution in [0.4, 0.5) is 0 Å². The molecular weight excluding hydrogens is 164 g/mol. The monoisotopic (exact) mass is 184 g/mol. The molecule has 2 fully saturated rings. The minimum absolute atomic E-state index is 0.717. The molecule has 2 aliphatic heterocycles. The van der Waals surface area contributed by atoms with E-state index in [1.54, 1.807) is 0 Å². The SMILES string of the molecule is CC1CN2CN(C)CN(C)CN1C2. The van der Waals surface area contributed by atoms with Crippen molar-refractivity contribution in [3.05, 3.63) is 0 Å². The Bertz CT molecular complexity index is 182. The number of hydrogen-bond donors (Lipinski definition) is 0. The van der Waals surface area contributed by atoms with Gasteiger partial charge in [0.2, 0.25) is 0 Å². The molecule has 0 amide bonds. The molecule has 0 N–H and O–H groups in total. The van der Waals surface area contributed by atoms with E-state index in [1.165, 1.54) is 6.54 Å². The van der Waals surface area contributed by atoms with Gasteiger partial charge in [-0.2, -0.15) is 0 Å². The van der Waals surface area contributed by atoms with Crippen LogP contribution in [0.1, 0.15) is 6.92 Å². The van der Waals surface area contributed by atoms with Gasteiger partial charge in [0.15, 0.2) is 0 Å². The van der Waals surface area contributed by atoms with Crippen LogP contribution in [-0.2, 0) is 0 Å². The summed E-state index contributed by atoms with van der Waals surface area (Å²) in [4.78, 5) is 9.79. The van der Waals surface area contributed by atoms with Gasteiger partial charge in [-0.15, -0.1) is 0 Å². The number of nitrogens with zero attached hydrogens (tertiary/aromatic N) is 4. The van der Waals surface area contributed by atoms with Crippen LogP contribution in [0, 0.1) is 0 Å². The van der Waals surface area contributed by atoms with Crippen molar-refractivity contribution in [3.63, 3.8) is 0 Å². The van der Waals surface area contributed by atoms with Crippen LogP contribution in [0.25, 0.3) is 0 Å². The predicted molar refractivity (Wildman–Crippen MR) is 53.0 cm³/mol. The molecule has 2 rings (SSSR count). The molecule has 2 aliphatic rings. The average Bonchev–Trinajstić information content (AvgIpc) is 2.29. The fourth-order valence-electron chi connectivity index (χ4n) is 2.38. The molecule has 2 bridgehead atoms. The molecule has 0 aromatic carbocycles. The maximum absolute atomic E-state index is 2.53. The molecule has 2 heterocycles. The molecule has 4 heteroatoms. The highest BCUT2D eigenvalue weighted by Crippen LogP contribution is 2.15. The van der Waals surface area contributed by atoms with Gasteiger partial charge in [0.25, 0.3) is 0 Å². The topological polar surface area (TPSA) is 13.0 Å². The van der Waals surface area contributed by atoms with Crippen LogP contribution in [0.3, 0.4) is 0 Å². The summed E-state index contributed by atoms with van der Waals surface area (Å²) in [5.41, 5.74) is 0. The summed E-state index contributed by atoms with van der Waals surface area (Å²) in [5, 5.41) is 0. The zero-order chi connectivity index (χ0) is 9.42. The third kappa shape index (κ3) is 2.02. The first-order valence-corrected chi connectivity index (χ1v) is 4.98. The minimum atomic E-state index is 0.717. The average molecular weight is 184 g/mol. The van der Waals surface area contributed by atoms with Gasteiger partial charge in [-0.25, -0.2) is 0 Å². The normalized spacial score (nSPS) is 43.2. The first kappa shape index (κ1) is 9.40. The van der Waals surface area contributed by atoms with Crippen molar-refractivity contribution in [1.82, 2.24) is 19.6 Å². The molecule has 0 aliphatic carbocycles. The molecule has 0 aromatic rings. The van der Waals surface area contributed by atoms with Gasteiger partial charge in [0.1, 0.15) is 0 Å². The number of fused-ring (bicyclic) bond motifs is 2. The van der Waals surface area contributed by atoms with Crippen LogP contribution in [0.5, 0.6) is 0 Å². The number of rotatable bonds is 0. The largest absolute Gasteiger partial charge is 0.280 e. The molecule has 2 saturated heterocycles. The van der Waals surface area contributed by atoms with Gasteiger partial charge in [-0.3, -0.25) is 19.6 Å². The van der Waals surface area contributed by atoms with Crippen LogP contribution in [0.2, 0.25) is 0 Å². The second-order valence-electron chi connectivity index (χ2n) is 4.57. The van der Waals surface area contributed by atoms with Crippen molar-refractivity contribution in [2.75, 3.05) is 47.3 Å². The van der Waals surface area contributed by atoms with E-state index in [9.17, 15) is 0 Å². The Hall–Kier alpha value is -0.160. The van der Waals surface area contributed by atoms with E-state index >= 15 is 0 Å². The van der Waals surface area contributed by atoms with E-state index in [4.69, 9.17) is 0 Å². The quantitative estimate of drug-likeness (QED) is 0.512. The van der Waals surface area contributed by atoms with Crippen molar-refractivity contribution in [2.45, 2.75) is 13.0 Å². The molecule has 13 heavy (non-hydrogen) atoms. The first-order valence-electron chi connectivity index (χ1n) is 4.98. The number of hydrogen-bond acceptors (Lipinski definition) is 4. The molecular formula is C9H20N4. The van der Waals surface area contributed by atoms with Crippen molar-refractivity contribution < 1.29 is 0 Å². The summed E-state index contributed by atoms with van der Waals surface area (Å²) >= 11 is 0. The predicted octanol–water partition coefficient (Wildman–Crippen LogP) is -0.300. The molecule has 4 nitrogen and oxygen atoms in total. The molecule has 0 spiro atoms.